The highest BCUT2D eigenvalue weighted by Crippen LogP contribution is 2.37. The molecule has 0 heterocycles. The van der Waals surface area contributed by atoms with Crippen LogP contribution < -0.4 is 0 Å². The SMILES string of the molecule is CN(C)C(=O)c1ccc(-c2ccccc2C(F)(F)F)cc1CC(=O)O. The number of aliphatic carboxylic acids is 1. The molecule has 0 aliphatic heterocycles. The molecule has 0 spiro atoms. The fraction of sp³-hybridized carbons (Fsp3) is 0.222. The Labute approximate surface area is 142 Å². The van der Waals surface area contributed by atoms with E-state index in [2.05, 4.69) is 0 Å². The van der Waals surface area contributed by atoms with Gasteiger partial charge >= 0.3 is 12.1 Å². The normalized spacial score (nSPS) is 11.2. The maximum atomic E-state index is 13.2. The van der Waals surface area contributed by atoms with E-state index in [1.54, 1.807) is 0 Å². The van der Waals surface area contributed by atoms with Crippen LogP contribution in [0.1, 0.15) is 21.5 Å². The lowest BCUT2D eigenvalue weighted by molar-refractivity contribution is -0.137. The molecule has 1 amide bonds. The van der Waals surface area contributed by atoms with Crippen molar-refractivity contribution in [3.63, 3.8) is 0 Å². The number of hydrogen-bond donors (Lipinski definition) is 1. The highest BCUT2D eigenvalue weighted by atomic mass is 19.4. The molecule has 2 aromatic carbocycles. The minimum Gasteiger partial charge on any atom is -0.481 e. The number of alkyl halides is 3. The Morgan fingerprint density at radius 2 is 1.72 bits per heavy atom. The van der Waals surface area contributed by atoms with Gasteiger partial charge in [-0.05, 0) is 34.9 Å². The number of halogens is 3. The number of rotatable bonds is 4. The number of nitrogens with zero attached hydrogens (tertiary/aromatic N) is 1. The fourth-order valence-electron chi connectivity index (χ4n) is 2.50. The van der Waals surface area contributed by atoms with E-state index < -0.39 is 30.0 Å². The van der Waals surface area contributed by atoms with Gasteiger partial charge < -0.3 is 10.0 Å². The molecular formula is C18H16F3NO3. The largest absolute Gasteiger partial charge is 0.481 e. The van der Waals surface area contributed by atoms with Gasteiger partial charge in [-0.3, -0.25) is 9.59 Å². The minimum atomic E-state index is -4.54. The molecule has 2 aromatic rings. The van der Waals surface area contributed by atoms with E-state index in [1.165, 1.54) is 55.4 Å². The second-order valence-electron chi connectivity index (χ2n) is 5.69. The first kappa shape index (κ1) is 18.5. The summed E-state index contributed by atoms with van der Waals surface area (Å²) in [7, 11) is 3.03. The van der Waals surface area contributed by atoms with Gasteiger partial charge in [-0.15, -0.1) is 0 Å². The van der Waals surface area contributed by atoms with E-state index in [0.717, 1.165) is 6.07 Å². The molecule has 0 radical (unpaired) electrons. The van der Waals surface area contributed by atoms with Crippen molar-refractivity contribution in [2.75, 3.05) is 14.1 Å². The summed E-state index contributed by atoms with van der Waals surface area (Å²) in [5, 5.41) is 9.05. The Morgan fingerprint density at radius 3 is 2.28 bits per heavy atom. The van der Waals surface area contributed by atoms with Gasteiger partial charge in [0.2, 0.25) is 0 Å². The minimum absolute atomic E-state index is 0.0644. The molecule has 2 rings (SSSR count). The molecule has 0 aliphatic carbocycles. The van der Waals surface area contributed by atoms with Gasteiger partial charge in [0.15, 0.2) is 0 Å². The maximum absolute atomic E-state index is 13.2. The maximum Gasteiger partial charge on any atom is 0.417 e. The van der Waals surface area contributed by atoms with Gasteiger partial charge in [-0.2, -0.15) is 13.2 Å². The first-order valence-corrected chi connectivity index (χ1v) is 7.34. The Balaban J connectivity index is 2.62. The van der Waals surface area contributed by atoms with E-state index in [4.69, 9.17) is 5.11 Å². The Kier molecular flexibility index (Phi) is 5.15. The van der Waals surface area contributed by atoms with Crippen molar-refractivity contribution in [2.45, 2.75) is 12.6 Å². The molecule has 4 nitrogen and oxygen atoms in total. The van der Waals surface area contributed by atoms with Gasteiger partial charge in [0.05, 0.1) is 12.0 Å². The van der Waals surface area contributed by atoms with Crippen LogP contribution in [0, 0.1) is 0 Å². The third-order valence-electron chi connectivity index (χ3n) is 3.63. The van der Waals surface area contributed by atoms with Gasteiger partial charge in [-0.1, -0.05) is 24.3 Å². The molecule has 7 heteroatoms. The lowest BCUT2D eigenvalue weighted by Crippen LogP contribution is -2.23. The molecule has 1 N–H and O–H groups in total. The lowest BCUT2D eigenvalue weighted by Gasteiger charge is -2.17. The molecule has 0 fully saturated rings. The van der Waals surface area contributed by atoms with E-state index >= 15 is 0 Å². The second-order valence-corrected chi connectivity index (χ2v) is 5.69. The topological polar surface area (TPSA) is 57.6 Å². The molecule has 0 bridgehead atoms. The molecule has 0 saturated heterocycles. The van der Waals surface area contributed by atoms with E-state index in [9.17, 15) is 22.8 Å². The number of hydrogen-bond acceptors (Lipinski definition) is 2. The highest BCUT2D eigenvalue weighted by Gasteiger charge is 2.33. The standard InChI is InChI=1S/C18H16F3NO3/c1-22(2)17(25)14-8-7-11(9-12(14)10-16(23)24)13-5-3-4-6-15(13)18(19,20)21/h3-9H,10H2,1-2H3,(H,23,24). The predicted octanol–water partition coefficient (Wildman–Crippen LogP) is 3.70. The summed E-state index contributed by atoms with van der Waals surface area (Å²) in [5.41, 5.74) is -0.353. The van der Waals surface area contributed by atoms with Gasteiger partial charge in [0.1, 0.15) is 0 Å². The van der Waals surface area contributed by atoms with Crippen LogP contribution in [0.4, 0.5) is 13.2 Å². The van der Waals surface area contributed by atoms with Crippen LogP contribution >= 0.6 is 0 Å². The second kappa shape index (κ2) is 6.96. The van der Waals surface area contributed by atoms with Crippen LogP contribution in [0.2, 0.25) is 0 Å². The average Bonchev–Trinajstić information content (AvgIpc) is 2.52. The monoisotopic (exact) mass is 351 g/mol. The zero-order valence-corrected chi connectivity index (χ0v) is 13.6. The molecule has 0 atom stereocenters. The van der Waals surface area contributed by atoms with Crippen LogP contribution in [0.25, 0.3) is 11.1 Å². The number of carboxylic acids is 1. The summed E-state index contributed by atoms with van der Waals surface area (Å²) < 4.78 is 39.6. The van der Waals surface area contributed by atoms with Gasteiger partial charge in [-0.25, -0.2) is 0 Å². The summed E-state index contributed by atoms with van der Waals surface area (Å²) >= 11 is 0. The molecule has 0 aromatic heterocycles. The molecule has 25 heavy (non-hydrogen) atoms. The first-order chi connectivity index (χ1) is 11.6. The summed E-state index contributed by atoms with van der Waals surface area (Å²) in [5.74, 6) is -1.58. The van der Waals surface area contributed by atoms with Crippen LogP contribution in [-0.4, -0.2) is 36.0 Å². The van der Waals surface area contributed by atoms with E-state index in [1.807, 2.05) is 0 Å². The van der Waals surface area contributed by atoms with Crippen molar-refractivity contribution in [1.82, 2.24) is 4.90 Å². The summed E-state index contributed by atoms with van der Waals surface area (Å²) in [6.07, 6.45) is -5.00. The predicted molar refractivity (Wildman–Crippen MR) is 86.2 cm³/mol. The Hall–Kier alpha value is -2.83. The summed E-state index contributed by atoms with van der Waals surface area (Å²) in [4.78, 5) is 24.5. The number of carboxylic acid groups (broad SMARTS) is 1. The van der Waals surface area contributed by atoms with E-state index in [-0.39, 0.29) is 22.3 Å². The number of benzene rings is 2. The van der Waals surface area contributed by atoms with E-state index in [0.29, 0.717) is 0 Å². The van der Waals surface area contributed by atoms with Crippen LogP contribution in [0.15, 0.2) is 42.5 Å². The molecule has 0 aliphatic rings. The molecular weight excluding hydrogens is 335 g/mol. The molecule has 132 valence electrons. The first-order valence-electron chi connectivity index (χ1n) is 7.34. The Bertz CT molecular complexity index is 813. The quantitative estimate of drug-likeness (QED) is 0.914. The van der Waals surface area contributed by atoms with Crippen molar-refractivity contribution in [3.8, 4) is 11.1 Å². The zero-order valence-electron chi connectivity index (χ0n) is 13.6. The van der Waals surface area contributed by atoms with Gasteiger partial charge in [0.25, 0.3) is 5.91 Å². The number of amides is 1. The third-order valence-corrected chi connectivity index (χ3v) is 3.63. The van der Waals surface area contributed by atoms with Crippen molar-refractivity contribution in [3.05, 3.63) is 59.2 Å². The van der Waals surface area contributed by atoms with Crippen LogP contribution in [0.3, 0.4) is 0 Å². The van der Waals surface area contributed by atoms with Crippen LogP contribution in [0.5, 0.6) is 0 Å². The van der Waals surface area contributed by atoms with Crippen molar-refractivity contribution in [2.24, 2.45) is 0 Å². The van der Waals surface area contributed by atoms with Crippen molar-refractivity contribution >= 4 is 11.9 Å². The third kappa shape index (κ3) is 4.17. The summed E-state index contributed by atoms with van der Waals surface area (Å²) in [6, 6.07) is 9.13. The van der Waals surface area contributed by atoms with Crippen LogP contribution in [-0.2, 0) is 17.4 Å². The molecule has 0 saturated carbocycles. The summed E-state index contributed by atoms with van der Waals surface area (Å²) in [6.45, 7) is 0. The van der Waals surface area contributed by atoms with Crippen molar-refractivity contribution < 1.29 is 27.9 Å². The lowest BCUT2D eigenvalue weighted by atomic mass is 9.94. The Morgan fingerprint density at radius 1 is 1.08 bits per heavy atom. The fourth-order valence-corrected chi connectivity index (χ4v) is 2.50. The number of carbonyl (C=O) groups excluding carboxylic acids is 1. The zero-order chi connectivity index (χ0) is 18.8. The average molecular weight is 351 g/mol. The molecule has 0 unspecified atom stereocenters. The van der Waals surface area contributed by atoms with Crippen molar-refractivity contribution in [1.29, 1.82) is 0 Å². The van der Waals surface area contributed by atoms with Gasteiger partial charge in [0, 0.05) is 19.7 Å². The number of carbonyl (C=O) groups is 2. The smallest absolute Gasteiger partial charge is 0.417 e. The highest BCUT2D eigenvalue weighted by molar-refractivity contribution is 5.97.